The molecule has 0 unspecified atom stereocenters. The Bertz CT molecular complexity index is 1740. The van der Waals surface area contributed by atoms with E-state index >= 15 is 0 Å². The van der Waals surface area contributed by atoms with Crippen LogP contribution in [-0.4, -0.2) is 51.6 Å². The van der Waals surface area contributed by atoms with Gasteiger partial charge in [-0.2, -0.15) is 0 Å². The highest BCUT2D eigenvalue weighted by molar-refractivity contribution is 7.22. The number of hydrogen-bond donors (Lipinski definition) is 1. The fourth-order valence-corrected chi connectivity index (χ4v) is 7.47. The number of fused-ring (bicyclic) bond motifs is 2. The Morgan fingerprint density at radius 3 is 2.57 bits per heavy atom. The van der Waals surface area contributed by atoms with E-state index in [1.54, 1.807) is 14.0 Å². The molecule has 4 heterocycles. The molecule has 0 bridgehead atoms. The number of aromatic nitrogens is 3. The Morgan fingerprint density at radius 1 is 1.21 bits per heavy atom. The molecule has 4 aromatic rings. The molecular formula is C30H33N3O8S. The smallest absolute Gasteiger partial charge is 0.333 e. The molecular weight excluding hydrogens is 562 g/mol. The maximum atomic E-state index is 14.2. The number of ether oxygens (including phenoxy) is 3. The van der Waals surface area contributed by atoms with Gasteiger partial charge in [0, 0.05) is 18.8 Å². The van der Waals surface area contributed by atoms with Crippen molar-refractivity contribution < 1.29 is 28.5 Å². The van der Waals surface area contributed by atoms with Crippen molar-refractivity contribution in [3.05, 3.63) is 68.7 Å². The molecule has 12 heteroatoms. The standard InChI is InChI=1S/C30H33N3O8S/c1-16-23-26(34)33(30(2,3)28(35)36)29(37)32(27(23)42-24(16)25-31-9-10-40-25)13-22(20-7-5-6-8-21(20)38-4)41-19-11-17-14-39-15-18(17)12-19/h5-10,17-19,22H,11-15H2,1-4H3,(H,35,36)/t17-,18-,22+/m1/s1. The molecule has 1 saturated heterocycles. The van der Waals surface area contributed by atoms with Crippen LogP contribution in [0.5, 0.6) is 5.75 Å². The largest absolute Gasteiger partial charge is 0.496 e. The van der Waals surface area contributed by atoms with E-state index in [-0.39, 0.29) is 18.0 Å². The van der Waals surface area contributed by atoms with Crippen molar-refractivity contribution in [2.45, 2.75) is 57.9 Å². The molecule has 2 fully saturated rings. The van der Waals surface area contributed by atoms with Crippen molar-refractivity contribution in [3.8, 4) is 16.5 Å². The van der Waals surface area contributed by atoms with Crippen molar-refractivity contribution in [3.63, 3.8) is 0 Å². The van der Waals surface area contributed by atoms with E-state index in [0.29, 0.717) is 38.7 Å². The molecule has 0 radical (unpaired) electrons. The van der Waals surface area contributed by atoms with Gasteiger partial charge >= 0.3 is 11.7 Å². The molecule has 3 aromatic heterocycles. The number of nitrogens with zero attached hydrogens (tertiary/aromatic N) is 3. The van der Waals surface area contributed by atoms with Crippen LogP contribution in [0.2, 0.25) is 0 Å². The van der Waals surface area contributed by atoms with Crippen LogP contribution < -0.4 is 16.0 Å². The zero-order chi connectivity index (χ0) is 29.8. The number of rotatable bonds is 9. The van der Waals surface area contributed by atoms with Crippen molar-refractivity contribution in [1.82, 2.24) is 14.1 Å². The first-order valence-electron chi connectivity index (χ1n) is 13.9. The van der Waals surface area contributed by atoms with Gasteiger partial charge in [0.2, 0.25) is 5.89 Å². The minimum absolute atomic E-state index is 0.0268. The first-order chi connectivity index (χ1) is 20.1. The normalized spacial score (nSPS) is 19.8. The second-order valence-corrected chi connectivity index (χ2v) is 12.5. The number of benzene rings is 1. The average molecular weight is 596 g/mol. The number of aryl methyl sites for hydroxylation is 1. The summed E-state index contributed by atoms with van der Waals surface area (Å²) in [6, 6.07) is 7.49. The Labute approximate surface area is 245 Å². The Morgan fingerprint density at radius 2 is 1.93 bits per heavy atom. The van der Waals surface area contributed by atoms with Gasteiger partial charge in [0.05, 0.1) is 36.2 Å². The summed E-state index contributed by atoms with van der Waals surface area (Å²) in [7, 11) is 1.58. The van der Waals surface area contributed by atoms with Crippen LogP contribution in [0.3, 0.4) is 0 Å². The zero-order valence-corrected chi connectivity index (χ0v) is 24.7. The molecule has 1 aromatic carbocycles. The topological polar surface area (TPSA) is 135 Å². The third-order valence-corrected chi connectivity index (χ3v) is 9.88. The molecule has 1 saturated carbocycles. The lowest BCUT2D eigenvalue weighted by Gasteiger charge is -2.27. The molecule has 1 N–H and O–H groups in total. The first-order valence-corrected chi connectivity index (χ1v) is 14.7. The fraction of sp³-hybridized carbons (Fsp3) is 0.467. The van der Waals surface area contributed by atoms with Crippen molar-refractivity contribution in [1.29, 1.82) is 0 Å². The fourth-order valence-electron chi connectivity index (χ4n) is 6.23. The summed E-state index contributed by atoms with van der Waals surface area (Å²) in [5, 5.41) is 10.3. The highest BCUT2D eigenvalue weighted by Gasteiger charge is 2.41. The first kappa shape index (κ1) is 28.4. The average Bonchev–Trinajstić information content (AvgIpc) is 3.75. The maximum Gasteiger partial charge on any atom is 0.333 e. The summed E-state index contributed by atoms with van der Waals surface area (Å²) < 4.78 is 25.9. The van der Waals surface area contributed by atoms with Gasteiger partial charge in [0.25, 0.3) is 5.56 Å². The van der Waals surface area contributed by atoms with Gasteiger partial charge in [0.15, 0.2) is 0 Å². The maximum absolute atomic E-state index is 14.2. The number of methoxy groups -OCH3 is 1. The van der Waals surface area contributed by atoms with Crippen LogP contribution in [0.1, 0.15) is 43.9 Å². The van der Waals surface area contributed by atoms with Crippen LogP contribution >= 0.6 is 11.3 Å². The number of carboxylic acid groups (broad SMARTS) is 1. The quantitative estimate of drug-likeness (QED) is 0.302. The Kier molecular flexibility index (Phi) is 7.32. The third kappa shape index (κ3) is 4.67. The molecule has 3 atom stereocenters. The minimum atomic E-state index is -1.81. The van der Waals surface area contributed by atoms with Crippen LogP contribution in [-0.2, 0) is 26.4 Å². The molecule has 1 aliphatic carbocycles. The van der Waals surface area contributed by atoms with Crippen LogP contribution in [0.15, 0.2) is 50.7 Å². The van der Waals surface area contributed by atoms with Crippen molar-refractivity contribution >= 4 is 27.5 Å². The highest BCUT2D eigenvalue weighted by Crippen LogP contribution is 2.42. The van der Waals surface area contributed by atoms with Gasteiger partial charge in [0.1, 0.15) is 28.5 Å². The molecule has 0 amide bonds. The molecule has 11 nitrogen and oxygen atoms in total. The van der Waals surface area contributed by atoms with Gasteiger partial charge in [-0.25, -0.2) is 19.1 Å². The van der Waals surface area contributed by atoms with Gasteiger partial charge in [-0.1, -0.05) is 18.2 Å². The summed E-state index contributed by atoms with van der Waals surface area (Å²) in [6.45, 7) is 5.91. The van der Waals surface area contributed by atoms with Gasteiger partial charge < -0.3 is 23.7 Å². The van der Waals surface area contributed by atoms with Crippen molar-refractivity contribution in [2.24, 2.45) is 11.8 Å². The van der Waals surface area contributed by atoms with Gasteiger partial charge in [-0.05, 0) is 57.1 Å². The lowest BCUT2D eigenvalue weighted by atomic mass is 10.0. The number of para-hydroxylation sites is 1. The number of hydrogen-bond acceptors (Lipinski definition) is 9. The molecule has 42 heavy (non-hydrogen) atoms. The summed E-state index contributed by atoms with van der Waals surface area (Å²) in [5.74, 6) is 0.489. The van der Waals surface area contributed by atoms with E-state index in [0.717, 1.165) is 36.2 Å². The zero-order valence-electron chi connectivity index (χ0n) is 23.9. The number of carboxylic acids is 1. The molecule has 222 valence electrons. The highest BCUT2D eigenvalue weighted by atomic mass is 32.1. The minimum Gasteiger partial charge on any atom is -0.496 e. The molecule has 1 aliphatic heterocycles. The summed E-state index contributed by atoms with van der Waals surface area (Å²) in [5.41, 5.74) is -1.91. The third-order valence-electron chi connectivity index (χ3n) is 8.57. The van der Waals surface area contributed by atoms with E-state index < -0.39 is 28.9 Å². The lowest BCUT2D eigenvalue weighted by Crippen LogP contribution is -2.52. The van der Waals surface area contributed by atoms with Gasteiger partial charge in [-0.15, -0.1) is 11.3 Å². The number of thiophene rings is 1. The predicted octanol–water partition coefficient (Wildman–Crippen LogP) is 4.20. The number of aliphatic carboxylic acids is 1. The molecule has 2 aliphatic rings. The number of carbonyl (C=O) groups is 1. The Hall–Kier alpha value is -3.74. The molecule has 6 rings (SSSR count). The SMILES string of the molecule is COc1ccccc1[C@H](Cn1c(=O)n(C(C)(C)C(=O)O)c(=O)c2c(C)c(-c3ncco3)sc21)OC1C[C@@H]2COC[C@H]2C1. The van der Waals surface area contributed by atoms with Crippen LogP contribution in [0, 0.1) is 18.8 Å². The summed E-state index contributed by atoms with van der Waals surface area (Å²) >= 11 is 1.21. The van der Waals surface area contributed by atoms with Crippen LogP contribution in [0.4, 0.5) is 0 Å². The van der Waals surface area contributed by atoms with Crippen molar-refractivity contribution in [2.75, 3.05) is 20.3 Å². The van der Waals surface area contributed by atoms with E-state index in [4.69, 9.17) is 18.6 Å². The second kappa shape index (κ2) is 10.8. The molecule has 0 spiro atoms. The second-order valence-electron chi connectivity index (χ2n) is 11.5. The van der Waals surface area contributed by atoms with E-state index in [2.05, 4.69) is 4.98 Å². The van der Waals surface area contributed by atoms with Crippen LogP contribution in [0.25, 0.3) is 21.0 Å². The van der Waals surface area contributed by atoms with Gasteiger partial charge in [-0.3, -0.25) is 9.36 Å². The lowest BCUT2D eigenvalue weighted by molar-refractivity contribution is -0.146. The summed E-state index contributed by atoms with van der Waals surface area (Å²) in [4.78, 5) is 45.6. The van der Waals surface area contributed by atoms with E-state index in [1.807, 2.05) is 24.3 Å². The van der Waals surface area contributed by atoms with E-state index in [1.165, 1.54) is 42.2 Å². The Balaban J connectivity index is 1.54. The number of oxazole rings is 1. The predicted molar refractivity (Wildman–Crippen MR) is 155 cm³/mol. The van der Waals surface area contributed by atoms with E-state index in [9.17, 15) is 19.5 Å². The monoisotopic (exact) mass is 595 g/mol. The summed E-state index contributed by atoms with van der Waals surface area (Å²) in [6.07, 6.45) is 3.95.